The molecule has 1 unspecified atom stereocenters. The van der Waals surface area contributed by atoms with E-state index in [-0.39, 0.29) is 6.04 Å². The van der Waals surface area contributed by atoms with Crippen LogP contribution in [0.25, 0.3) is 0 Å². The van der Waals surface area contributed by atoms with Crippen molar-refractivity contribution in [2.75, 3.05) is 0 Å². The summed E-state index contributed by atoms with van der Waals surface area (Å²) < 4.78 is 4.36. The second-order valence-corrected chi connectivity index (χ2v) is 5.11. The summed E-state index contributed by atoms with van der Waals surface area (Å²) in [6.45, 7) is 8.11. The molecule has 0 bridgehead atoms. The monoisotopic (exact) mass is 260 g/mol. The molecule has 0 aliphatic carbocycles. The summed E-state index contributed by atoms with van der Waals surface area (Å²) in [4.78, 5) is 0. The summed E-state index contributed by atoms with van der Waals surface area (Å²) in [5.41, 5.74) is 9.62. The molecule has 104 valence electrons. The van der Waals surface area contributed by atoms with Crippen LogP contribution < -0.4 is 5.73 Å². The molecule has 0 fully saturated rings. The highest BCUT2D eigenvalue weighted by Gasteiger charge is 2.09. The molecule has 1 atom stereocenters. The fraction of sp³-hybridized carbons (Fsp3) is 0.533. The summed E-state index contributed by atoms with van der Waals surface area (Å²) in [7, 11) is 0. The number of nitrogens with two attached hydrogens (primary N) is 1. The van der Waals surface area contributed by atoms with Gasteiger partial charge in [0.25, 0.3) is 0 Å². The molecule has 0 aromatic carbocycles. The molecule has 2 aromatic rings. The van der Waals surface area contributed by atoms with Gasteiger partial charge < -0.3 is 10.3 Å². The van der Waals surface area contributed by atoms with Crippen molar-refractivity contribution in [1.82, 2.24) is 14.3 Å². The molecule has 2 rings (SSSR count). The minimum absolute atomic E-state index is 0.191. The highest BCUT2D eigenvalue weighted by molar-refractivity contribution is 5.15. The third-order valence-electron chi connectivity index (χ3n) is 3.36. The van der Waals surface area contributed by atoms with Crippen LogP contribution in [0.15, 0.2) is 24.4 Å². The molecule has 0 saturated heterocycles. The smallest absolute Gasteiger partial charge is 0.0642 e. The molecule has 2 N–H and O–H groups in total. The molecule has 19 heavy (non-hydrogen) atoms. The number of hydrogen-bond donors (Lipinski definition) is 1. The van der Waals surface area contributed by atoms with Gasteiger partial charge >= 0.3 is 0 Å². The Labute approximate surface area is 115 Å². The van der Waals surface area contributed by atoms with Crippen molar-refractivity contribution in [2.45, 2.75) is 52.7 Å². The van der Waals surface area contributed by atoms with Crippen LogP contribution in [0.4, 0.5) is 0 Å². The zero-order chi connectivity index (χ0) is 13.8. The lowest BCUT2D eigenvalue weighted by Gasteiger charge is -2.12. The van der Waals surface area contributed by atoms with Gasteiger partial charge in [-0.25, -0.2) is 0 Å². The normalized spacial score (nSPS) is 12.8. The molecule has 4 heteroatoms. The lowest BCUT2D eigenvalue weighted by Crippen LogP contribution is -2.20. The van der Waals surface area contributed by atoms with Gasteiger partial charge in [-0.3, -0.25) is 4.68 Å². The van der Waals surface area contributed by atoms with Crippen LogP contribution in [0.2, 0.25) is 0 Å². The second-order valence-electron chi connectivity index (χ2n) is 5.11. The van der Waals surface area contributed by atoms with E-state index in [2.05, 4.69) is 52.6 Å². The number of rotatable bonds is 6. The molecular formula is C15H24N4. The van der Waals surface area contributed by atoms with E-state index in [0.29, 0.717) is 0 Å². The summed E-state index contributed by atoms with van der Waals surface area (Å²) in [6.07, 6.45) is 4.02. The Bertz CT molecular complexity index is 522. The van der Waals surface area contributed by atoms with Gasteiger partial charge in [-0.2, -0.15) is 5.10 Å². The topological polar surface area (TPSA) is 48.8 Å². The van der Waals surface area contributed by atoms with E-state index in [0.717, 1.165) is 31.6 Å². The van der Waals surface area contributed by atoms with Crippen molar-refractivity contribution in [3.8, 4) is 0 Å². The Hall–Kier alpha value is -1.55. The zero-order valence-electron chi connectivity index (χ0n) is 12.1. The van der Waals surface area contributed by atoms with E-state index >= 15 is 0 Å². The Morgan fingerprint density at radius 2 is 2.11 bits per heavy atom. The lowest BCUT2D eigenvalue weighted by atomic mass is 10.2. The van der Waals surface area contributed by atoms with Crippen LogP contribution in [-0.4, -0.2) is 20.4 Å². The molecule has 0 spiro atoms. The van der Waals surface area contributed by atoms with Gasteiger partial charge in [0.2, 0.25) is 0 Å². The second kappa shape index (κ2) is 6.06. The van der Waals surface area contributed by atoms with Crippen LogP contribution in [0, 0.1) is 0 Å². The van der Waals surface area contributed by atoms with Crippen LogP contribution >= 0.6 is 0 Å². The quantitative estimate of drug-likeness (QED) is 0.865. The van der Waals surface area contributed by atoms with Crippen molar-refractivity contribution in [1.29, 1.82) is 0 Å². The van der Waals surface area contributed by atoms with Crippen LogP contribution in [0.5, 0.6) is 0 Å². The summed E-state index contributed by atoms with van der Waals surface area (Å²) in [5.74, 6) is 0. The molecule has 0 amide bonds. The molecule has 0 aliphatic heterocycles. The zero-order valence-corrected chi connectivity index (χ0v) is 12.1. The van der Waals surface area contributed by atoms with Crippen molar-refractivity contribution < 1.29 is 0 Å². The largest absolute Gasteiger partial charge is 0.345 e. The van der Waals surface area contributed by atoms with Gasteiger partial charge in [-0.1, -0.05) is 6.92 Å². The van der Waals surface area contributed by atoms with Crippen LogP contribution in [0.1, 0.15) is 37.9 Å². The fourth-order valence-electron chi connectivity index (χ4n) is 2.38. The Morgan fingerprint density at radius 1 is 1.32 bits per heavy atom. The fourth-order valence-corrected chi connectivity index (χ4v) is 2.38. The Kier molecular flexibility index (Phi) is 4.43. The molecule has 4 nitrogen and oxygen atoms in total. The molecule has 2 aromatic heterocycles. The Balaban J connectivity index is 2.21. The number of hydrogen-bond acceptors (Lipinski definition) is 2. The van der Waals surface area contributed by atoms with Crippen molar-refractivity contribution >= 4 is 0 Å². The van der Waals surface area contributed by atoms with E-state index in [1.54, 1.807) is 0 Å². The van der Waals surface area contributed by atoms with Gasteiger partial charge in [-0.05, 0) is 38.5 Å². The van der Waals surface area contributed by atoms with Gasteiger partial charge in [0.15, 0.2) is 0 Å². The third kappa shape index (κ3) is 3.26. The van der Waals surface area contributed by atoms with E-state index in [4.69, 9.17) is 5.73 Å². The lowest BCUT2D eigenvalue weighted by molar-refractivity contribution is 0.583. The first kappa shape index (κ1) is 13.9. The average Bonchev–Trinajstić information content (AvgIpc) is 2.96. The van der Waals surface area contributed by atoms with Crippen molar-refractivity contribution in [3.63, 3.8) is 0 Å². The molecular weight excluding hydrogens is 236 g/mol. The predicted octanol–water partition coefficient (Wildman–Crippen LogP) is 2.20. The SMILES string of the molecule is CCc1cc(Cn2cccc2CC(C)N)n(CC)n1. The van der Waals surface area contributed by atoms with Gasteiger partial charge in [-0.15, -0.1) is 0 Å². The highest BCUT2D eigenvalue weighted by atomic mass is 15.3. The highest BCUT2D eigenvalue weighted by Crippen LogP contribution is 2.12. The Morgan fingerprint density at radius 3 is 2.74 bits per heavy atom. The van der Waals surface area contributed by atoms with E-state index in [1.807, 2.05) is 6.92 Å². The first-order chi connectivity index (χ1) is 9.13. The average molecular weight is 260 g/mol. The summed E-state index contributed by atoms with van der Waals surface area (Å²) in [6, 6.07) is 6.64. The standard InChI is InChI=1S/C15H24N4/c1-4-13-10-15(19(5-2)17-13)11-18-8-6-7-14(18)9-12(3)16/h6-8,10,12H,4-5,9,11,16H2,1-3H3. The number of aryl methyl sites for hydroxylation is 2. The van der Waals surface area contributed by atoms with E-state index in [1.165, 1.54) is 11.4 Å². The number of nitrogens with zero attached hydrogens (tertiary/aromatic N) is 3. The van der Waals surface area contributed by atoms with Crippen molar-refractivity contribution in [2.24, 2.45) is 5.73 Å². The van der Waals surface area contributed by atoms with Crippen LogP contribution in [0.3, 0.4) is 0 Å². The molecule has 2 heterocycles. The summed E-state index contributed by atoms with van der Waals surface area (Å²) >= 11 is 0. The predicted molar refractivity (Wildman–Crippen MR) is 78.2 cm³/mol. The summed E-state index contributed by atoms with van der Waals surface area (Å²) in [5, 5.41) is 4.60. The third-order valence-corrected chi connectivity index (χ3v) is 3.36. The number of aromatic nitrogens is 3. The first-order valence-corrected chi connectivity index (χ1v) is 7.09. The maximum Gasteiger partial charge on any atom is 0.0642 e. The van der Waals surface area contributed by atoms with Crippen molar-refractivity contribution in [3.05, 3.63) is 41.5 Å². The van der Waals surface area contributed by atoms with Gasteiger partial charge in [0.1, 0.15) is 0 Å². The van der Waals surface area contributed by atoms with Gasteiger partial charge in [0, 0.05) is 30.9 Å². The molecule has 0 saturated carbocycles. The minimum atomic E-state index is 0.191. The molecule has 0 aliphatic rings. The minimum Gasteiger partial charge on any atom is -0.345 e. The maximum atomic E-state index is 5.90. The first-order valence-electron chi connectivity index (χ1n) is 7.09. The van der Waals surface area contributed by atoms with Crippen LogP contribution in [-0.2, 0) is 25.9 Å². The maximum absolute atomic E-state index is 5.90. The molecule has 0 radical (unpaired) electrons. The van der Waals surface area contributed by atoms with E-state index in [9.17, 15) is 0 Å². The van der Waals surface area contributed by atoms with Gasteiger partial charge in [0.05, 0.1) is 17.9 Å². The van der Waals surface area contributed by atoms with E-state index < -0.39 is 0 Å².